The summed E-state index contributed by atoms with van der Waals surface area (Å²) in [4.78, 5) is 16.2. The molecular formula is C17H17FN4O. The lowest BCUT2D eigenvalue weighted by Crippen LogP contribution is -2.13. The van der Waals surface area contributed by atoms with Gasteiger partial charge in [-0.2, -0.15) is 5.10 Å². The molecule has 1 amide bonds. The minimum atomic E-state index is -0.205. The molecule has 5 nitrogen and oxygen atoms in total. The highest BCUT2D eigenvalue weighted by atomic mass is 19.1. The average Bonchev–Trinajstić information content (AvgIpc) is 2.94. The second-order valence-electron chi connectivity index (χ2n) is 5.47. The molecule has 6 heteroatoms. The van der Waals surface area contributed by atoms with E-state index in [1.54, 1.807) is 23.1 Å². The third-order valence-electron chi connectivity index (χ3n) is 3.57. The van der Waals surface area contributed by atoms with Crippen molar-refractivity contribution >= 4 is 11.7 Å². The number of hydrogen-bond donors (Lipinski definition) is 1. The van der Waals surface area contributed by atoms with Crippen molar-refractivity contribution in [1.29, 1.82) is 0 Å². The van der Waals surface area contributed by atoms with Crippen LogP contribution in [0.1, 0.15) is 19.3 Å². The smallest absolute Gasteiger partial charge is 0.229 e. The second kappa shape index (κ2) is 6.56. The van der Waals surface area contributed by atoms with Crippen molar-refractivity contribution in [1.82, 2.24) is 14.8 Å². The van der Waals surface area contributed by atoms with Gasteiger partial charge in [-0.05, 0) is 30.2 Å². The molecule has 0 radical (unpaired) electrons. The van der Waals surface area contributed by atoms with Crippen LogP contribution in [0.2, 0.25) is 0 Å². The highest BCUT2D eigenvalue weighted by molar-refractivity contribution is 5.92. The Morgan fingerprint density at radius 3 is 2.87 bits per heavy atom. The Labute approximate surface area is 133 Å². The minimum Gasteiger partial charge on any atom is -0.310 e. The monoisotopic (exact) mass is 312 g/mol. The zero-order valence-corrected chi connectivity index (χ0v) is 12.8. The molecule has 0 saturated carbocycles. The zero-order chi connectivity index (χ0) is 16.2. The van der Waals surface area contributed by atoms with Crippen LogP contribution in [-0.2, 0) is 11.8 Å². The molecule has 2 heterocycles. The molecule has 0 saturated heterocycles. The Balaban J connectivity index is 1.62. The number of anilines is 1. The first-order valence-corrected chi connectivity index (χ1v) is 7.40. The Hall–Kier alpha value is -2.76. The first-order chi connectivity index (χ1) is 11.1. The van der Waals surface area contributed by atoms with Gasteiger partial charge < -0.3 is 5.32 Å². The number of hydrogen-bond acceptors (Lipinski definition) is 3. The number of nitrogens with one attached hydrogen (secondary N) is 1. The van der Waals surface area contributed by atoms with Crippen LogP contribution in [0.3, 0.4) is 0 Å². The average molecular weight is 312 g/mol. The molecule has 2 aromatic rings. The molecule has 0 aliphatic heterocycles. The SMILES string of the molecule is Cn1cc(-c2ccc(NC(=O)CC3=CCCC(F)=C3)nc2)cn1. The fraction of sp³-hybridized carbons (Fsp3) is 0.235. The predicted molar refractivity (Wildman–Crippen MR) is 86.2 cm³/mol. The lowest BCUT2D eigenvalue weighted by atomic mass is 10.0. The highest BCUT2D eigenvalue weighted by Gasteiger charge is 2.10. The van der Waals surface area contributed by atoms with Crippen molar-refractivity contribution in [3.8, 4) is 11.1 Å². The molecule has 1 aliphatic carbocycles. The van der Waals surface area contributed by atoms with Crippen LogP contribution in [0.5, 0.6) is 0 Å². The van der Waals surface area contributed by atoms with E-state index < -0.39 is 0 Å². The zero-order valence-electron chi connectivity index (χ0n) is 12.8. The number of allylic oxidation sites excluding steroid dienone is 3. The van der Waals surface area contributed by atoms with Gasteiger partial charge in [0.2, 0.25) is 5.91 Å². The van der Waals surface area contributed by atoms with Crippen LogP contribution in [-0.4, -0.2) is 20.7 Å². The van der Waals surface area contributed by atoms with Gasteiger partial charge in [0.15, 0.2) is 0 Å². The van der Waals surface area contributed by atoms with E-state index in [9.17, 15) is 9.18 Å². The molecule has 2 aromatic heterocycles. The van der Waals surface area contributed by atoms with Crippen molar-refractivity contribution in [2.75, 3.05) is 5.32 Å². The van der Waals surface area contributed by atoms with Gasteiger partial charge in [-0.25, -0.2) is 9.37 Å². The summed E-state index contributed by atoms with van der Waals surface area (Å²) in [6.07, 6.45) is 9.87. The summed E-state index contributed by atoms with van der Waals surface area (Å²) < 4.78 is 14.9. The number of aromatic nitrogens is 3. The molecule has 0 unspecified atom stereocenters. The standard InChI is InChI=1S/C17H17FN4O/c1-22-11-14(10-20-22)13-5-6-16(19-9-13)21-17(23)8-12-3-2-4-15(18)7-12/h3,5-7,9-11H,2,4,8H2,1H3,(H,19,21,23). The van der Waals surface area contributed by atoms with E-state index in [4.69, 9.17) is 0 Å². The summed E-state index contributed by atoms with van der Waals surface area (Å²) >= 11 is 0. The quantitative estimate of drug-likeness (QED) is 0.941. The van der Waals surface area contributed by atoms with Crippen LogP contribution < -0.4 is 5.32 Å². The maximum atomic E-state index is 13.2. The van der Waals surface area contributed by atoms with Crippen molar-refractivity contribution in [3.05, 3.63) is 54.3 Å². The third kappa shape index (κ3) is 3.91. The molecule has 1 N–H and O–H groups in total. The topological polar surface area (TPSA) is 59.8 Å². The van der Waals surface area contributed by atoms with Gasteiger partial charge >= 0.3 is 0 Å². The number of rotatable bonds is 4. The van der Waals surface area contributed by atoms with E-state index in [1.165, 1.54) is 6.08 Å². The normalized spacial score (nSPS) is 14.2. The Kier molecular flexibility index (Phi) is 4.32. The van der Waals surface area contributed by atoms with E-state index in [2.05, 4.69) is 15.4 Å². The number of pyridine rings is 1. The lowest BCUT2D eigenvalue weighted by molar-refractivity contribution is -0.115. The first kappa shape index (κ1) is 15.1. The number of aryl methyl sites for hydroxylation is 1. The molecule has 0 spiro atoms. The summed E-state index contributed by atoms with van der Waals surface area (Å²) in [6, 6.07) is 3.62. The van der Waals surface area contributed by atoms with Crippen LogP contribution in [0.25, 0.3) is 11.1 Å². The van der Waals surface area contributed by atoms with Gasteiger partial charge in [0.25, 0.3) is 0 Å². The van der Waals surface area contributed by atoms with Gasteiger partial charge in [-0.3, -0.25) is 9.48 Å². The Morgan fingerprint density at radius 1 is 1.35 bits per heavy atom. The Morgan fingerprint density at radius 2 is 2.22 bits per heavy atom. The van der Waals surface area contributed by atoms with Crippen molar-refractivity contribution in [2.45, 2.75) is 19.3 Å². The van der Waals surface area contributed by atoms with Crippen molar-refractivity contribution in [3.63, 3.8) is 0 Å². The van der Waals surface area contributed by atoms with Crippen LogP contribution in [0.15, 0.2) is 54.3 Å². The number of halogens is 1. The van der Waals surface area contributed by atoms with Crippen LogP contribution >= 0.6 is 0 Å². The van der Waals surface area contributed by atoms with Crippen LogP contribution in [0.4, 0.5) is 10.2 Å². The molecular weight excluding hydrogens is 295 g/mol. The third-order valence-corrected chi connectivity index (χ3v) is 3.57. The largest absolute Gasteiger partial charge is 0.310 e. The summed E-state index contributed by atoms with van der Waals surface area (Å²) in [7, 11) is 1.85. The summed E-state index contributed by atoms with van der Waals surface area (Å²) in [6.45, 7) is 0. The predicted octanol–water partition coefficient (Wildman–Crippen LogP) is 3.38. The highest BCUT2D eigenvalue weighted by Crippen LogP contribution is 2.21. The molecule has 0 atom stereocenters. The van der Waals surface area contributed by atoms with Gasteiger partial charge in [0.1, 0.15) is 11.6 Å². The van der Waals surface area contributed by atoms with E-state index in [-0.39, 0.29) is 18.2 Å². The van der Waals surface area contributed by atoms with E-state index >= 15 is 0 Å². The van der Waals surface area contributed by atoms with Crippen molar-refractivity contribution in [2.24, 2.45) is 7.05 Å². The molecule has 3 rings (SSSR count). The van der Waals surface area contributed by atoms with Crippen LogP contribution in [0, 0.1) is 0 Å². The van der Waals surface area contributed by atoms with Gasteiger partial charge in [-0.1, -0.05) is 6.08 Å². The molecule has 0 fully saturated rings. The van der Waals surface area contributed by atoms with Crippen molar-refractivity contribution < 1.29 is 9.18 Å². The first-order valence-electron chi connectivity index (χ1n) is 7.40. The number of nitrogens with zero attached hydrogens (tertiary/aromatic N) is 3. The molecule has 0 bridgehead atoms. The molecule has 1 aliphatic rings. The summed E-state index contributed by atoms with van der Waals surface area (Å²) in [5.41, 5.74) is 2.60. The van der Waals surface area contributed by atoms with E-state index in [0.29, 0.717) is 24.2 Å². The number of carbonyl (C=O) groups is 1. The van der Waals surface area contributed by atoms with E-state index in [0.717, 1.165) is 11.1 Å². The molecule has 118 valence electrons. The molecule has 23 heavy (non-hydrogen) atoms. The second-order valence-corrected chi connectivity index (χ2v) is 5.47. The summed E-state index contributed by atoms with van der Waals surface area (Å²) in [5, 5.41) is 6.84. The number of amides is 1. The fourth-order valence-corrected chi connectivity index (χ4v) is 2.43. The number of carbonyl (C=O) groups excluding carboxylic acids is 1. The van der Waals surface area contributed by atoms with Gasteiger partial charge in [0, 0.05) is 37.0 Å². The van der Waals surface area contributed by atoms with Gasteiger partial charge in [-0.15, -0.1) is 0 Å². The maximum Gasteiger partial charge on any atom is 0.229 e. The minimum absolute atomic E-state index is 0.152. The Bertz CT molecular complexity index is 774. The fourth-order valence-electron chi connectivity index (χ4n) is 2.43. The van der Waals surface area contributed by atoms with Gasteiger partial charge in [0.05, 0.1) is 12.6 Å². The maximum absolute atomic E-state index is 13.2. The van der Waals surface area contributed by atoms with E-state index in [1.807, 2.05) is 25.4 Å². The molecule has 0 aromatic carbocycles. The lowest BCUT2D eigenvalue weighted by Gasteiger charge is -2.09. The summed E-state index contributed by atoms with van der Waals surface area (Å²) in [5.74, 6) is 0.0987.